The molecule has 0 saturated carbocycles. The van der Waals surface area contributed by atoms with Gasteiger partial charge < -0.3 is 24.8 Å². The molecule has 1 aliphatic carbocycles. The van der Waals surface area contributed by atoms with Gasteiger partial charge in [0.1, 0.15) is 0 Å². The normalized spacial score (nSPS) is 13.6. The second kappa shape index (κ2) is 12.4. The molecule has 0 aromatic heterocycles. The van der Waals surface area contributed by atoms with Gasteiger partial charge in [-0.2, -0.15) is 35.1 Å². The quantitative estimate of drug-likeness (QED) is 0.444. The minimum absolute atomic E-state index is 0. The van der Waals surface area contributed by atoms with Crippen LogP contribution >= 0.6 is 11.8 Å². The summed E-state index contributed by atoms with van der Waals surface area (Å²) in [5, 5.41) is 2.75. The van der Waals surface area contributed by atoms with Crippen molar-refractivity contribution in [3.63, 3.8) is 0 Å². The minimum Gasteiger partial charge on any atom is -1.00 e. The van der Waals surface area contributed by atoms with Gasteiger partial charge in [0.05, 0.1) is 0 Å². The SMILES string of the molecule is CC(C)C1=CC2=CCSC2=[C-]1.Cc1cc2c(-c3ccccc3)ccc(C)c2[cH-]1.[Cl-].[Cl-].[Zr+4]. The number of aryl methyl sites for hydroxylation is 2. The smallest absolute Gasteiger partial charge is 1.00 e. The third-order valence-corrected chi connectivity index (χ3v) is 6.28. The maximum Gasteiger partial charge on any atom is 4.00 e. The van der Waals surface area contributed by atoms with Crippen molar-refractivity contribution in [3.8, 4) is 11.1 Å². The Morgan fingerprint density at radius 1 is 1.00 bits per heavy atom. The van der Waals surface area contributed by atoms with Gasteiger partial charge in [-0.05, 0) is 11.5 Å². The Bertz CT molecular complexity index is 1100. The van der Waals surface area contributed by atoms with Gasteiger partial charge in [0.2, 0.25) is 0 Å². The van der Waals surface area contributed by atoms with E-state index in [0.29, 0.717) is 5.92 Å². The predicted octanol–water partition coefficient (Wildman–Crippen LogP) is 1.79. The second-order valence-corrected chi connectivity index (χ2v) is 8.87. The van der Waals surface area contributed by atoms with E-state index in [4.69, 9.17) is 0 Å². The Kier molecular flexibility index (Phi) is 11.2. The van der Waals surface area contributed by atoms with Crippen LogP contribution in [0.15, 0.2) is 82.8 Å². The third kappa shape index (κ3) is 6.32. The van der Waals surface area contributed by atoms with Crippen LogP contribution in [0.5, 0.6) is 0 Å². The molecule has 0 saturated heterocycles. The van der Waals surface area contributed by atoms with Gasteiger partial charge in [-0.1, -0.05) is 69.7 Å². The van der Waals surface area contributed by atoms with Crippen LogP contribution in [-0.2, 0) is 26.2 Å². The summed E-state index contributed by atoms with van der Waals surface area (Å²) in [5.41, 5.74) is 8.08. The summed E-state index contributed by atoms with van der Waals surface area (Å²) in [4.78, 5) is 1.36. The molecule has 0 nitrogen and oxygen atoms in total. The molecule has 0 unspecified atom stereocenters. The molecule has 0 fully saturated rings. The van der Waals surface area contributed by atoms with E-state index >= 15 is 0 Å². The van der Waals surface area contributed by atoms with Gasteiger partial charge in [-0.3, -0.25) is 0 Å². The van der Waals surface area contributed by atoms with Gasteiger partial charge in [-0.25, -0.2) is 6.08 Å². The number of halogens is 2. The van der Waals surface area contributed by atoms with Gasteiger partial charge in [0.25, 0.3) is 0 Å². The first-order chi connectivity index (χ1) is 13.5. The molecule has 1 aliphatic heterocycles. The summed E-state index contributed by atoms with van der Waals surface area (Å²) in [5.74, 6) is 1.76. The van der Waals surface area contributed by atoms with E-state index in [9.17, 15) is 0 Å². The molecule has 4 heteroatoms. The number of fused-ring (bicyclic) bond motifs is 2. The molecule has 5 rings (SSSR count). The van der Waals surface area contributed by atoms with Crippen molar-refractivity contribution >= 4 is 22.5 Å². The van der Waals surface area contributed by atoms with Crippen LogP contribution in [0.25, 0.3) is 21.9 Å². The molecule has 0 atom stereocenters. The molecule has 0 N–H and O–H groups in total. The van der Waals surface area contributed by atoms with Crippen LogP contribution in [0.1, 0.15) is 25.0 Å². The number of hydrogen-bond donors (Lipinski definition) is 0. The second-order valence-electron chi connectivity index (χ2n) is 7.84. The van der Waals surface area contributed by atoms with Gasteiger partial charge in [0.15, 0.2) is 0 Å². The van der Waals surface area contributed by atoms with Crippen LogP contribution in [0.3, 0.4) is 0 Å². The first kappa shape index (κ1) is 28.1. The zero-order valence-electron chi connectivity index (χ0n) is 18.3. The molecule has 158 valence electrons. The van der Waals surface area contributed by atoms with Crippen LogP contribution < -0.4 is 24.8 Å². The molecule has 0 amide bonds. The maximum atomic E-state index is 3.42. The third-order valence-electron chi connectivity index (χ3n) is 5.32. The number of allylic oxidation sites excluding steroid dienone is 4. The molecule has 0 radical (unpaired) electrons. The Hall–Kier alpha value is -0.917. The summed E-state index contributed by atoms with van der Waals surface area (Å²) >= 11 is 1.89. The molecule has 0 spiro atoms. The molecule has 0 bridgehead atoms. The topological polar surface area (TPSA) is 0 Å². The van der Waals surface area contributed by atoms with Gasteiger partial charge >= 0.3 is 26.2 Å². The van der Waals surface area contributed by atoms with Crippen molar-refractivity contribution in [3.05, 3.63) is 100 Å². The Balaban J connectivity index is 0.000000303. The fourth-order valence-corrected chi connectivity index (χ4v) is 4.66. The van der Waals surface area contributed by atoms with Crippen molar-refractivity contribution in [2.45, 2.75) is 27.7 Å². The van der Waals surface area contributed by atoms with Crippen molar-refractivity contribution in [2.75, 3.05) is 5.75 Å². The summed E-state index contributed by atoms with van der Waals surface area (Å²) in [7, 11) is 0. The number of hydrogen-bond acceptors (Lipinski definition) is 1. The maximum absolute atomic E-state index is 3.42. The molecule has 2 aliphatic rings. The van der Waals surface area contributed by atoms with E-state index in [-0.39, 0.29) is 51.0 Å². The number of benzene rings is 2. The van der Waals surface area contributed by atoms with Crippen LogP contribution in [0.2, 0.25) is 0 Å². The van der Waals surface area contributed by atoms with E-state index in [1.165, 1.54) is 49.1 Å². The van der Waals surface area contributed by atoms with Crippen molar-refractivity contribution in [1.29, 1.82) is 0 Å². The summed E-state index contributed by atoms with van der Waals surface area (Å²) < 4.78 is 0. The first-order valence-corrected chi connectivity index (χ1v) is 10.9. The minimum atomic E-state index is 0. The zero-order valence-corrected chi connectivity index (χ0v) is 23.1. The number of thioether (sulfide) groups is 1. The van der Waals surface area contributed by atoms with E-state index in [2.05, 4.69) is 101 Å². The van der Waals surface area contributed by atoms with E-state index in [1.54, 1.807) is 0 Å². The van der Waals surface area contributed by atoms with Gasteiger partial charge in [-0.15, -0.1) is 45.0 Å². The van der Waals surface area contributed by atoms with Gasteiger partial charge in [0, 0.05) is 5.75 Å². The number of rotatable bonds is 2. The Morgan fingerprint density at radius 2 is 1.71 bits per heavy atom. The summed E-state index contributed by atoms with van der Waals surface area (Å²) in [6.07, 6.45) is 7.97. The van der Waals surface area contributed by atoms with Crippen LogP contribution in [-0.4, -0.2) is 5.75 Å². The Morgan fingerprint density at radius 3 is 2.35 bits per heavy atom. The summed E-state index contributed by atoms with van der Waals surface area (Å²) in [6, 6.07) is 19.6. The molecule has 3 aromatic rings. The average Bonchev–Trinajstić information content (AvgIpc) is 3.37. The average molecular weight is 545 g/mol. The van der Waals surface area contributed by atoms with E-state index in [0.717, 1.165) is 5.75 Å². The fraction of sp³-hybridized carbons (Fsp3) is 0.222. The van der Waals surface area contributed by atoms with Crippen molar-refractivity contribution in [1.82, 2.24) is 0 Å². The fourth-order valence-electron chi connectivity index (χ4n) is 3.73. The summed E-state index contributed by atoms with van der Waals surface area (Å²) in [6.45, 7) is 8.77. The van der Waals surface area contributed by atoms with E-state index in [1.807, 2.05) is 11.8 Å². The van der Waals surface area contributed by atoms with Crippen LogP contribution in [0, 0.1) is 25.8 Å². The first-order valence-electron chi connectivity index (χ1n) is 9.94. The Labute approximate surface area is 222 Å². The molecular formula is C27H26Cl2SZr. The van der Waals surface area contributed by atoms with E-state index < -0.39 is 0 Å². The molecule has 1 heterocycles. The van der Waals surface area contributed by atoms with Crippen LogP contribution in [0.4, 0.5) is 0 Å². The standard InChI is InChI=1S/C17H15.C10H11S.2ClH.Zr/c1-12-10-16-13(2)8-9-15(17(16)11-12)14-6-4-3-5-7-14;1-7(2)9-5-8-3-4-11-10(8)6-9;;;/h3-11H,1-2H3;3,5,7H,4H2,1-2H3;2*1H;/q2*-1;;;+4/p-2. The predicted molar refractivity (Wildman–Crippen MR) is 125 cm³/mol. The molecule has 3 aromatic carbocycles. The largest absolute Gasteiger partial charge is 4.00 e. The van der Waals surface area contributed by atoms with Crippen molar-refractivity contribution in [2.24, 2.45) is 5.92 Å². The molecular weight excluding hydrogens is 518 g/mol. The molecule has 31 heavy (non-hydrogen) atoms. The van der Waals surface area contributed by atoms with Crippen molar-refractivity contribution < 1.29 is 51.0 Å². The monoisotopic (exact) mass is 542 g/mol. The zero-order chi connectivity index (χ0) is 19.7.